The molecule has 1 saturated carbocycles. The van der Waals surface area contributed by atoms with Crippen LogP contribution in [0, 0.1) is 17.8 Å². The summed E-state index contributed by atoms with van der Waals surface area (Å²) in [7, 11) is 0. The maximum Gasteiger partial charge on any atom is -0.0174 e. The number of allylic oxidation sites excluding steroid dienone is 2. The number of fused-ring (bicyclic) bond motifs is 2. The third kappa shape index (κ3) is 0.810. The molecule has 0 heterocycles. The Morgan fingerprint density at radius 2 is 2.22 bits per heavy atom. The molecule has 3 aliphatic carbocycles. The van der Waals surface area contributed by atoms with Crippen LogP contribution >= 0.6 is 0 Å². The molecule has 0 amide bonds. The molecule has 0 aromatic carbocycles. The first-order chi connectivity index (χ1) is 4.36. The van der Waals surface area contributed by atoms with Crippen molar-refractivity contribution < 1.29 is 0 Å². The second-order valence-electron chi connectivity index (χ2n) is 3.38. The molecule has 9 heavy (non-hydrogen) atoms. The number of rotatable bonds is 0. The smallest absolute Gasteiger partial charge is 0.0174 e. The topological polar surface area (TPSA) is 0 Å². The lowest BCUT2D eigenvalue weighted by Gasteiger charge is -2.35. The first-order valence-electron chi connectivity index (χ1n) is 3.87. The highest BCUT2D eigenvalue weighted by Crippen LogP contribution is 2.40. The zero-order valence-electron chi connectivity index (χ0n) is 5.93. The highest BCUT2D eigenvalue weighted by molar-refractivity contribution is 5.15. The van der Waals surface area contributed by atoms with Gasteiger partial charge in [-0.3, -0.25) is 0 Å². The maximum atomic E-state index is 2.40. The summed E-state index contributed by atoms with van der Waals surface area (Å²) in [6, 6.07) is 0. The molecule has 0 spiro atoms. The highest BCUT2D eigenvalue weighted by Gasteiger charge is 2.28. The molecule has 3 rings (SSSR count). The Morgan fingerprint density at radius 1 is 1.33 bits per heavy atom. The molecule has 0 aliphatic heterocycles. The maximum absolute atomic E-state index is 2.40. The Labute approximate surface area is 57.0 Å². The molecule has 1 radical (unpaired) electrons. The molecule has 0 heteroatoms. The van der Waals surface area contributed by atoms with Gasteiger partial charge in [-0.05, 0) is 37.0 Å². The largest absolute Gasteiger partial charge is 0.0851 e. The minimum atomic E-state index is 0.856. The van der Waals surface area contributed by atoms with Crippen molar-refractivity contribution in [3.63, 3.8) is 0 Å². The Morgan fingerprint density at radius 3 is 2.44 bits per heavy atom. The van der Waals surface area contributed by atoms with Gasteiger partial charge in [-0.15, -0.1) is 0 Å². The van der Waals surface area contributed by atoms with Crippen molar-refractivity contribution in [2.75, 3.05) is 0 Å². The van der Waals surface area contributed by atoms with Crippen LogP contribution in [0.3, 0.4) is 0 Å². The zero-order valence-corrected chi connectivity index (χ0v) is 5.93. The molecule has 0 aromatic rings. The Bertz CT molecular complexity index is 135. The van der Waals surface area contributed by atoms with Crippen molar-refractivity contribution in [3.05, 3.63) is 18.1 Å². The number of hydrogen-bond acceptors (Lipinski definition) is 0. The highest BCUT2D eigenvalue weighted by atomic mass is 14.3. The van der Waals surface area contributed by atoms with Crippen LogP contribution in [0.5, 0.6) is 0 Å². The van der Waals surface area contributed by atoms with Crippen LogP contribution in [-0.4, -0.2) is 0 Å². The van der Waals surface area contributed by atoms with Crippen LogP contribution in [0.25, 0.3) is 0 Å². The second-order valence-corrected chi connectivity index (χ2v) is 3.38. The van der Waals surface area contributed by atoms with Gasteiger partial charge in [-0.25, -0.2) is 0 Å². The summed E-state index contributed by atoms with van der Waals surface area (Å²) in [5, 5.41) is 0. The van der Waals surface area contributed by atoms with E-state index in [1.165, 1.54) is 19.3 Å². The van der Waals surface area contributed by atoms with Crippen molar-refractivity contribution in [1.82, 2.24) is 0 Å². The van der Waals surface area contributed by atoms with Crippen molar-refractivity contribution in [2.24, 2.45) is 11.8 Å². The van der Waals surface area contributed by atoms with E-state index >= 15 is 0 Å². The molecule has 0 N–H and O–H groups in total. The van der Waals surface area contributed by atoms with E-state index in [2.05, 4.69) is 19.1 Å². The minimum absolute atomic E-state index is 0.856. The van der Waals surface area contributed by atoms with Gasteiger partial charge in [0.1, 0.15) is 0 Å². The Balaban J connectivity index is 2.20. The van der Waals surface area contributed by atoms with Gasteiger partial charge in [0, 0.05) is 0 Å². The monoisotopic (exact) mass is 121 g/mol. The van der Waals surface area contributed by atoms with Crippen molar-refractivity contribution >= 4 is 0 Å². The molecule has 0 aromatic heterocycles. The van der Waals surface area contributed by atoms with Crippen molar-refractivity contribution in [2.45, 2.75) is 26.2 Å². The zero-order chi connectivity index (χ0) is 6.27. The average molecular weight is 121 g/mol. The molecule has 2 bridgehead atoms. The second kappa shape index (κ2) is 1.86. The van der Waals surface area contributed by atoms with E-state index in [9.17, 15) is 0 Å². The van der Waals surface area contributed by atoms with Gasteiger partial charge in [-0.2, -0.15) is 0 Å². The molecule has 49 valence electrons. The molecule has 0 nitrogen and oxygen atoms in total. The van der Waals surface area contributed by atoms with Gasteiger partial charge < -0.3 is 0 Å². The standard InChI is InChI=1S/C9H13/c1-7-6-8-2-4-9(7)5-3-8/h2,4,8-9H,3,5-6H2,1H3. The van der Waals surface area contributed by atoms with Crippen LogP contribution < -0.4 is 0 Å². The predicted octanol–water partition coefficient (Wildman–Crippen LogP) is 2.57. The third-order valence-corrected chi connectivity index (χ3v) is 2.68. The van der Waals surface area contributed by atoms with Gasteiger partial charge in [0.15, 0.2) is 0 Å². The molecule has 3 aliphatic rings. The lowest BCUT2D eigenvalue weighted by atomic mass is 9.70. The van der Waals surface area contributed by atoms with Gasteiger partial charge in [-0.1, -0.05) is 19.1 Å². The molecular weight excluding hydrogens is 108 g/mol. The minimum Gasteiger partial charge on any atom is -0.0851 e. The van der Waals surface area contributed by atoms with E-state index in [0.717, 1.165) is 11.8 Å². The lowest BCUT2D eigenvalue weighted by Crippen LogP contribution is -2.23. The van der Waals surface area contributed by atoms with Gasteiger partial charge in [0.2, 0.25) is 0 Å². The average Bonchev–Trinajstić information content (AvgIpc) is 1.90. The number of hydrogen-bond donors (Lipinski definition) is 0. The lowest BCUT2D eigenvalue weighted by molar-refractivity contribution is 0.363. The molecule has 2 unspecified atom stereocenters. The van der Waals surface area contributed by atoms with E-state index < -0.39 is 0 Å². The molecule has 0 saturated heterocycles. The molecule has 1 fully saturated rings. The summed E-state index contributed by atoms with van der Waals surface area (Å²) in [5.41, 5.74) is 0. The van der Waals surface area contributed by atoms with E-state index in [1.807, 2.05) is 0 Å². The Kier molecular flexibility index (Phi) is 1.14. The van der Waals surface area contributed by atoms with Gasteiger partial charge in [0.25, 0.3) is 0 Å². The third-order valence-electron chi connectivity index (χ3n) is 2.68. The summed E-state index contributed by atoms with van der Waals surface area (Å²) in [6.45, 7) is 2.31. The fourth-order valence-corrected chi connectivity index (χ4v) is 2.02. The summed E-state index contributed by atoms with van der Waals surface area (Å²) >= 11 is 0. The van der Waals surface area contributed by atoms with Crippen LogP contribution in [0.4, 0.5) is 0 Å². The summed E-state index contributed by atoms with van der Waals surface area (Å²) in [6.07, 6.45) is 9.04. The van der Waals surface area contributed by atoms with Gasteiger partial charge in [0.05, 0.1) is 0 Å². The summed E-state index contributed by atoms with van der Waals surface area (Å²) < 4.78 is 0. The fraction of sp³-hybridized carbons (Fsp3) is 0.667. The summed E-state index contributed by atoms with van der Waals surface area (Å²) in [5.74, 6) is 3.48. The van der Waals surface area contributed by atoms with Crippen LogP contribution in [0.15, 0.2) is 12.2 Å². The van der Waals surface area contributed by atoms with Crippen molar-refractivity contribution in [3.8, 4) is 0 Å². The van der Waals surface area contributed by atoms with E-state index in [1.54, 1.807) is 5.92 Å². The van der Waals surface area contributed by atoms with Crippen LogP contribution in [-0.2, 0) is 0 Å². The first-order valence-corrected chi connectivity index (χ1v) is 3.87. The van der Waals surface area contributed by atoms with Crippen molar-refractivity contribution in [1.29, 1.82) is 0 Å². The van der Waals surface area contributed by atoms with Crippen LogP contribution in [0.1, 0.15) is 26.2 Å². The van der Waals surface area contributed by atoms with E-state index in [4.69, 9.17) is 0 Å². The summed E-state index contributed by atoms with van der Waals surface area (Å²) in [4.78, 5) is 0. The van der Waals surface area contributed by atoms with Crippen LogP contribution in [0.2, 0.25) is 0 Å². The molecule has 2 atom stereocenters. The first kappa shape index (κ1) is 5.52. The van der Waals surface area contributed by atoms with E-state index in [-0.39, 0.29) is 0 Å². The SMILES string of the molecule is C[C]1CC2C=CC1CC2. The normalized spacial score (nSPS) is 41.9. The van der Waals surface area contributed by atoms with E-state index in [0.29, 0.717) is 0 Å². The quantitative estimate of drug-likeness (QED) is 0.432. The fourth-order valence-electron chi connectivity index (χ4n) is 2.02. The predicted molar refractivity (Wildman–Crippen MR) is 38.9 cm³/mol. The molecular formula is C9H13. The Hall–Kier alpha value is -0.260. The van der Waals surface area contributed by atoms with Gasteiger partial charge >= 0.3 is 0 Å².